The summed E-state index contributed by atoms with van der Waals surface area (Å²) in [6.45, 7) is -1.21. The second-order valence-electron chi connectivity index (χ2n) is 5.50. The van der Waals surface area contributed by atoms with Crippen molar-refractivity contribution in [1.29, 1.82) is 5.26 Å². The van der Waals surface area contributed by atoms with Crippen LogP contribution in [0.2, 0.25) is 10.0 Å². The van der Waals surface area contributed by atoms with Crippen LogP contribution in [0, 0.1) is 11.3 Å². The molecule has 1 unspecified atom stereocenters. The lowest BCUT2D eigenvalue weighted by atomic mass is 10.1. The van der Waals surface area contributed by atoms with Crippen molar-refractivity contribution >= 4 is 23.2 Å². The van der Waals surface area contributed by atoms with E-state index in [1.807, 2.05) is 4.98 Å². The molecule has 1 atom stereocenters. The van der Waals surface area contributed by atoms with Gasteiger partial charge in [-0.3, -0.25) is 14.6 Å². The normalized spacial score (nSPS) is 14.6. The number of halogens is 2. The third kappa shape index (κ3) is 4.06. The lowest BCUT2D eigenvalue weighted by molar-refractivity contribution is 0.444. The maximum Gasteiger partial charge on any atom is 0.349 e. The van der Waals surface area contributed by atoms with Gasteiger partial charge in [0.1, 0.15) is 6.07 Å². The number of benzene rings is 1. The van der Waals surface area contributed by atoms with Gasteiger partial charge in [-0.1, -0.05) is 37.0 Å². The average Bonchev–Trinajstić information content (AvgIpc) is 2.76. The molecule has 0 saturated heterocycles. The van der Waals surface area contributed by atoms with Crippen molar-refractivity contribution in [3.05, 3.63) is 70.6 Å². The zero-order chi connectivity index (χ0) is 25.5. The van der Waals surface area contributed by atoms with Gasteiger partial charge in [-0.05, 0) is 18.0 Å². The first kappa shape index (κ1) is 14.6. The Morgan fingerprint density at radius 1 is 1.34 bits per heavy atom. The van der Waals surface area contributed by atoms with Crippen molar-refractivity contribution in [3.8, 4) is 23.4 Å². The minimum absolute atomic E-state index is 0.116. The van der Waals surface area contributed by atoms with Crippen LogP contribution in [0.5, 0.6) is 11.6 Å². The Hall–Kier alpha value is -3.42. The molecular weight excluding hydrogens is 423 g/mol. The van der Waals surface area contributed by atoms with Crippen LogP contribution in [0.1, 0.15) is 37.8 Å². The molecule has 12 heteroatoms. The van der Waals surface area contributed by atoms with E-state index in [1.54, 1.807) is 0 Å². The quantitative estimate of drug-likeness (QED) is 0.632. The highest BCUT2D eigenvalue weighted by Crippen LogP contribution is 2.38. The number of hydrogen-bond donors (Lipinski definition) is 2. The SMILES string of the molecule is [2H]c1c(Cl)c(Oc2n[nH]c(=O)cc2C(C)C([2H])([2H])[2H])c(Cl)c([2H])c1-n1nc(C#N)c(=O)[nH]c1=O. The van der Waals surface area contributed by atoms with E-state index < -0.39 is 74.7 Å². The third-order valence-corrected chi connectivity index (χ3v) is 4.00. The molecular formula is C17H12Cl2N6O4. The van der Waals surface area contributed by atoms with Crippen LogP contribution in [0.15, 0.2) is 32.5 Å². The molecule has 2 aromatic heterocycles. The number of ether oxygens (including phenoxy) is 1. The van der Waals surface area contributed by atoms with E-state index in [0.717, 1.165) is 6.07 Å². The number of aromatic nitrogens is 5. The van der Waals surface area contributed by atoms with Gasteiger partial charge in [0.25, 0.3) is 11.1 Å². The molecule has 29 heavy (non-hydrogen) atoms. The van der Waals surface area contributed by atoms with Crippen LogP contribution >= 0.6 is 23.2 Å². The topological polar surface area (TPSA) is 147 Å². The van der Waals surface area contributed by atoms with E-state index in [-0.39, 0.29) is 5.56 Å². The minimum atomic E-state index is -2.53. The van der Waals surface area contributed by atoms with E-state index in [2.05, 4.69) is 15.3 Å². The van der Waals surface area contributed by atoms with Gasteiger partial charge < -0.3 is 4.74 Å². The second kappa shape index (κ2) is 7.90. The van der Waals surface area contributed by atoms with Gasteiger partial charge in [0, 0.05) is 15.7 Å². The number of aromatic amines is 2. The fourth-order valence-electron chi connectivity index (χ4n) is 2.16. The Balaban J connectivity index is 2.23. The summed E-state index contributed by atoms with van der Waals surface area (Å²) in [7, 11) is 0. The van der Waals surface area contributed by atoms with Gasteiger partial charge in [0.15, 0.2) is 5.75 Å². The highest BCUT2D eigenvalue weighted by Gasteiger charge is 2.18. The van der Waals surface area contributed by atoms with Crippen molar-refractivity contribution in [1.82, 2.24) is 25.0 Å². The van der Waals surface area contributed by atoms with Gasteiger partial charge in [-0.25, -0.2) is 9.89 Å². The zero-order valence-electron chi connectivity index (χ0n) is 19.3. The van der Waals surface area contributed by atoms with Crippen LogP contribution in [0.25, 0.3) is 5.69 Å². The molecule has 0 aliphatic heterocycles. The lowest BCUT2D eigenvalue weighted by Crippen LogP contribution is -2.33. The molecule has 148 valence electrons. The summed E-state index contributed by atoms with van der Waals surface area (Å²) in [4.78, 5) is 37.4. The molecule has 10 nitrogen and oxygen atoms in total. The smallest absolute Gasteiger partial charge is 0.349 e. The summed E-state index contributed by atoms with van der Waals surface area (Å²) in [5.74, 6) is -2.09. The highest BCUT2D eigenvalue weighted by molar-refractivity contribution is 6.37. The Kier molecular flexibility index (Phi) is 3.97. The van der Waals surface area contributed by atoms with Crippen LogP contribution < -0.4 is 21.5 Å². The molecule has 0 saturated carbocycles. The number of rotatable bonds is 4. The number of nitrogens with one attached hydrogen (secondary N) is 2. The van der Waals surface area contributed by atoms with Gasteiger partial charge in [-0.2, -0.15) is 9.94 Å². The van der Waals surface area contributed by atoms with Crippen molar-refractivity contribution in [3.63, 3.8) is 0 Å². The summed E-state index contributed by atoms with van der Waals surface area (Å²) >= 11 is 12.4. The lowest BCUT2D eigenvalue weighted by Gasteiger charge is -2.14. The standard InChI is InChI=1S/C17H12Cl2N6O4/c1-7(2)9-5-13(26)22-23-16(9)29-14-10(18)3-8(4-11(14)19)25-17(28)21-15(27)12(6-20)24-25/h3-5,7H,1-2H3,(H,22,26)(H,21,27,28)/i1D3,3D,4D. The maximum absolute atomic E-state index is 12.2. The second-order valence-corrected chi connectivity index (χ2v) is 6.26. The van der Waals surface area contributed by atoms with E-state index in [4.69, 9.17) is 40.1 Å². The van der Waals surface area contributed by atoms with Crippen molar-refractivity contribution in [2.45, 2.75) is 19.7 Å². The summed E-state index contributed by atoms with van der Waals surface area (Å²) in [5.41, 5.74) is -4.33. The Bertz CT molecular complexity index is 1500. The minimum Gasteiger partial charge on any atom is -0.434 e. The van der Waals surface area contributed by atoms with Gasteiger partial charge in [0.2, 0.25) is 11.6 Å². The number of nitrogens with zero attached hydrogens (tertiary/aromatic N) is 4. The van der Waals surface area contributed by atoms with Crippen molar-refractivity contribution in [2.24, 2.45) is 0 Å². The molecule has 1 aromatic carbocycles. The first-order valence-electron chi connectivity index (χ1n) is 10.2. The van der Waals surface area contributed by atoms with Crippen LogP contribution in [-0.2, 0) is 0 Å². The predicted octanol–water partition coefficient (Wildman–Crippen LogP) is 2.10. The predicted molar refractivity (Wildman–Crippen MR) is 104 cm³/mol. The number of H-pyrrole nitrogens is 2. The largest absolute Gasteiger partial charge is 0.434 e. The molecule has 0 aliphatic carbocycles. The fourth-order valence-corrected chi connectivity index (χ4v) is 2.66. The monoisotopic (exact) mass is 439 g/mol. The van der Waals surface area contributed by atoms with Crippen molar-refractivity contribution in [2.75, 3.05) is 0 Å². The zero-order valence-corrected chi connectivity index (χ0v) is 15.8. The summed E-state index contributed by atoms with van der Waals surface area (Å²) in [6.07, 6.45) is 0. The molecule has 0 fully saturated rings. The Labute approximate surface area is 179 Å². The third-order valence-electron chi connectivity index (χ3n) is 3.47. The van der Waals surface area contributed by atoms with E-state index in [1.165, 1.54) is 13.0 Å². The summed E-state index contributed by atoms with van der Waals surface area (Å²) in [6, 6.07) is 1.05. The maximum atomic E-state index is 12.2. The number of nitriles is 1. The Morgan fingerprint density at radius 2 is 2.03 bits per heavy atom. The first-order chi connectivity index (χ1) is 15.8. The first-order valence-corrected chi connectivity index (χ1v) is 8.43. The number of hydrogen-bond acceptors (Lipinski definition) is 7. The molecule has 0 bridgehead atoms. The van der Waals surface area contributed by atoms with Gasteiger partial charge in [0.05, 0.1) is 18.5 Å². The van der Waals surface area contributed by atoms with Gasteiger partial charge >= 0.3 is 5.69 Å². The molecule has 3 rings (SSSR count). The van der Waals surface area contributed by atoms with Crippen LogP contribution in [0.4, 0.5) is 0 Å². The Morgan fingerprint density at radius 3 is 2.66 bits per heavy atom. The summed E-state index contributed by atoms with van der Waals surface area (Å²) < 4.78 is 45.3. The van der Waals surface area contributed by atoms with E-state index in [9.17, 15) is 14.4 Å². The highest BCUT2D eigenvalue weighted by atomic mass is 35.5. The molecule has 0 amide bonds. The molecule has 3 aromatic rings. The van der Waals surface area contributed by atoms with Crippen molar-refractivity contribution < 1.29 is 11.6 Å². The molecule has 0 aliphatic rings. The fraction of sp³-hybridized carbons (Fsp3) is 0.176. The molecule has 0 spiro atoms. The summed E-state index contributed by atoms with van der Waals surface area (Å²) in [5, 5.41) is 17.2. The van der Waals surface area contributed by atoms with Gasteiger partial charge in [-0.15, -0.1) is 10.2 Å². The molecule has 2 N–H and O–H groups in total. The molecule has 2 heterocycles. The van der Waals surface area contributed by atoms with Crippen LogP contribution in [-0.4, -0.2) is 25.0 Å². The van der Waals surface area contributed by atoms with E-state index in [0.29, 0.717) is 4.68 Å². The van der Waals surface area contributed by atoms with E-state index >= 15 is 0 Å². The average molecular weight is 440 g/mol. The molecule has 0 radical (unpaired) electrons. The van der Waals surface area contributed by atoms with Crippen LogP contribution in [0.3, 0.4) is 0 Å².